The van der Waals surface area contributed by atoms with Crippen molar-refractivity contribution >= 4 is 12.0 Å². The summed E-state index contributed by atoms with van der Waals surface area (Å²) in [5.41, 5.74) is -4.80. The Morgan fingerprint density at radius 1 is 0.909 bits per heavy atom. The van der Waals surface area contributed by atoms with Crippen LogP contribution in [0.3, 0.4) is 0 Å². The molecule has 0 aliphatic rings. The molecule has 126 valence electrons. The number of benzene rings is 1. The van der Waals surface area contributed by atoms with Crippen molar-refractivity contribution in [3.8, 4) is 5.75 Å². The molecule has 1 rings (SSSR count). The molecule has 0 atom stereocenters. The normalized spacial score (nSPS) is 12.6. The molecule has 0 fully saturated rings. The minimum absolute atomic E-state index is 0.438. The molecular weight excluding hydrogens is 356 g/mol. The van der Waals surface area contributed by atoms with E-state index >= 15 is 0 Å². The molecule has 1 aromatic carbocycles. The van der Waals surface area contributed by atoms with E-state index < -0.39 is 57.8 Å². The smallest absolute Gasteiger partial charge is 0.422 e. The largest absolute Gasteiger partial charge is 0.493 e. The Balaban J connectivity index is 3.83. The van der Waals surface area contributed by atoms with E-state index in [0.717, 1.165) is 0 Å². The molecule has 1 N–H and O–H groups in total. The molecule has 0 bridgehead atoms. The molecule has 0 aromatic heterocycles. The van der Waals surface area contributed by atoms with Crippen LogP contribution in [0.2, 0.25) is 0 Å². The molecule has 0 saturated carbocycles. The maximum absolute atomic E-state index is 13.8. The molecule has 0 spiro atoms. The van der Waals surface area contributed by atoms with Crippen molar-refractivity contribution in [2.75, 3.05) is 7.11 Å². The molecule has 0 aliphatic heterocycles. The number of alkyl halides is 6. The molecule has 0 amide bonds. The standard InChI is InChI=1S/C9H4F8O4S/c1-19-6-2(8(12,13)14)5(11)7(22-21-20-18)3(4(6)10)9(15,16)17/h18H,1H3. The number of methoxy groups -OCH3 is 1. The average Bonchev–Trinajstić information content (AvgIpc) is 2.35. The molecule has 0 heterocycles. The maximum Gasteiger partial charge on any atom is 0.422 e. The average molecular weight is 360 g/mol. The van der Waals surface area contributed by atoms with E-state index in [0.29, 0.717) is 7.11 Å². The quantitative estimate of drug-likeness (QED) is 0.372. The van der Waals surface area contributed by atoms with Gasteiger partial charge in [0.25, 0.3) is 0 Å². The summed E-state index contributed by atoms with van der Waals surface area (Å²) in [6, 6.07) is 0. The second kappa shape index (κ2) is 6.44. The van der Waals surface area contributed by atoms with Crippen molar-refractivity contribution in [2.24, 2.45) is 0 Å². The van der Waals surface area contributed by atoms with Crippen LogP contribution in [0.4, 0.5) is 35.1 Å². The Hall–Kier alpha value is -1.31. The highest BCUT2D eigenvalue weighted by molar-refractivity contribution is 7.94. The van der Waals surface area contributed by atoms with Crippen LogP contribution in [0.15, 0.2) is 4.90 Å². The first-order valence-electron chi connectivity index (χ1n) is 4.84. The van der Waals surface area contributed by atoms with Crippen LogP contribution in [0.1, 0.15) is 11.1 Å². The molecule has 22 heavy (non-hydrogen) atoms. The first-order chi connectivity index (χ1) is 9.96. The van der Waals surface area contributed by atoms with Crippen molar-refractivity contribution < 1.29 is 54.5 Å². The van der Waals surface area contributed by atoms with Crippen molar-refractivity contribution in [1.29, 1.82) is 0 Å². The zero-order valence-electron chi connectivity index (χ0n) is 10.1. The molecule has 0 radical (unpaired) electrons. The highest BCUT2D eigenvalue weighted by Crippen LogP contribution is 2.49. The molecule has 13 heteroatoms. The molecule has 0 saturated heterocycles. The molecular formula is C9H4F8O4S. The summed E-state index contributed by atoms with van der Waals surface area (Å²) in [6.07, 6.45) is -11.1. The third-order valence-electron chi connectivity index (χ3n) is 2.21. The summed E-state index contributed by atoms with van der Waals surface area (Å²) >= 11 is -0.799. The van der Waals surface area contributed by atoms with Gasteiger partial charge < -0.3 is 4.74 Å². The first-order valence-corrected chi connectivity index (χ1v) is 5.59. The zero-order chi connectivity index (χ0) is 17.3. The molecule has 1 aromatic rings. The van der Waals surface area contributed by atoms with Crippen molar-refractivity contribution in [1.82, 2.24) is 0 Å². The van der Waals surface area contributed by atoms with Gasteiger partial charge in [0.15, 0.2) is 17.4 Å². The van der Waals surface area contributed by atoms with Gasteiger partial charge in [-0.15, -0.1) is 4.33 Å². The van der Waals surface area contributed by atoms with E-state index in [1.54, 1.807) is 0 Å². The number of halogens is 8. The fourth-order valence-corrected chi connectivity index (χ4v) is 2.03. The van der Waals surface area contributed by atoms with E-state index in [1.165, 1.54) is 0 Å². The second-order valence-corrected chi connectivity index (χ2v) is 4.17. The summed E-state index contributed by atoms with van der Waals surface area (Å²) in [6.45, 7) is 0. The Morgan fingerprint density at radius 2 is 1.41 bits per heavy atom. The Morgan fingerprint density at radius 3 is 1.77 bits per heavy atom. The fraction of sp³-hybridized carbons (Fsp3) is 0.333. The van der Waals surface area contributed by atoms with Gasteiger partial charge in [-0.25, -0.2) is 14.0 Å². The summed E-state index contributed by atoms with van der Waals surface area (Å²) in [5, 5.41) is 10.7. The van der Waals surface area contributed by atoms with Crippen LogP contribution in [0.5, 0.6) is 5.75 Å². The number of hydrogen-bond donors (Lipinski definition) is 1. The lowest BCUT2D eigenvalue weighted by Gasteiger charge is -2.20. The SMILES string of the molecule is COc1c(F)c(C(F)(F)F)c(SOOO)c(F)c1C(F)(F)F. The van der Waals surface area contributed by atoms with Crippen LogP contribution in [0.25, 0.3) is 0 Å². The van der Waals surface area contributed by atoms with Gasteiger partial charge in [0.05, 0.1) is 24.0 Å². The van der Waals surface area contributed by atoms with Crippen LogP contribution in [-0.2, 0) is 21.7 Å². The minimum atomic E-state index is -5.58. The molecule has 4 nitrogen and oxygen atoms in total. The number of ether oxygens (including phenoxy) is 1. The van der Waals surface area contributed by atoms with Gasteiger partial charge in [0.1, 0.15) is 11.1 Å². The topological polar surface area (TPSA) is 47.9 Å². The highest BCUT2D eigenvalue weighted by Gasteiger charge is 2.48. The molecule has 0 aliphatic carbocycles. The predicted octanol–water partition coefficient (Wildman–Crippen LogP) is 4.44. The monoisotopic (exact) mass is 360 g/mol. The summed E-state index contributed by atoms with van der Waals surface area (Å²) in [4.78, 5) is -1.92. The lowest BCUT2D eigenvalue weighted by atomic mass is 10.1. The van der Waals surface area contributed by atoms with Gasteiger partial charge in [-0.2, -0.15) is 26.3 Å². The van der Waals surface area contributed by atoms with Crippen molar-refractivity contribution in [2.45, 2.75) is 17.2 Å². The van der Waals surface area contributed by atoms with Gasteiger partial charge in [-0.05, 0) is 0 Å². The highest BCUT2D eigenvalue weighted by atomic mass is 32.2. The zero-order valence-corrected chi connectivity index (χ0v) is 10.9. The van der Waals surface area contributed by atoms with Gasteiger partial charge in [0, 0.05) is 0 Å². The minimum Gasteiger partial charge on any atom is -0.493 e. The summed E-state index contributed by atoms with van der Waals surface area (Å²) < 4.78 is 111. The third-order valence-corrected chi connectivity index (χ3v) is 2.89. The number of rotatable bonds is 4. The summed E-state index contributed by atoms with van der Waals surface area (Å²) in [7, 11) is 0.438. The van der Waals surface area contributed by atoms with Crippen LogP contribution < -0.4 is 4.74 Å². The Labute approximate surface area is 120 Å². The van der Waals surface area contributed by atoms with Crippen LogP contribution in [0, 0.1) is 11.6 Å². The first kappa shape index (κ1) is 18.7. The lowest BCUT2D eigenvalue weighted by molar-refractivity contribution is -0.432. The van der Waals surface area contributed by atoms with E-state index in [4.69, 9.17) is 5.26 Å². The van der Waals surface area contributed by atoms with E-state index in [9.17, 15) is 35.1 Å². The third kappa shape index (κ3) is 3.53. The van der Waals surface area contributed by atoms with Gasteiger partial charge in [-0.1, -0.05) is 5.04 Å². The van der Waals surface area contributed by atoms with E-state index in [-0.39, 0.29) is 0 Å². The molecule has 0 unspecified atom stereocenters. The van der Waals surface area contributed by atoms with Gasteiger partial charge in [-0.3, -0.25) is 0 Å². The Bertz CT molecular complexity index is 556. The number of hydrogen-bond acceptors (Lipinski definition) is 5. The fourth-order valence-electron chi connectivity index (χ4n) is 1.47. The van der Waals surface area contributed by atoms with E-state index in [2.05, 4.69) is 14.1 Å². The van der Waals surface area contributed by atoms with E-state index in [1.807, 2.05) is 0 Å². The Kier molecular flexibility index (Phi) is 5.48. The lowest BCUT2D eigenvalue weighted by Crippen LogP contribution is -2.19. The van der Waals surface area contributed by atoms with Crippen molar-refractivity contribution in [3.63, 3.8) is 0 Å². The van der Waals surface area contributed by atoms with Crippen molar-refractivity contribution in [3.05, 3.63) is 22.8 Å². The second-order valence-electron chi connectivity index (χ2n) is 3.46. The van der Waals surface area contributed by atoms with Crippen LogP contribution >= 0.6 is 12.0 Å². The van der Waals surface area contributed by atoms with Crippen LogP contribution in [-0.4, -0.2) is 12.4 Å². The van der Waals surface area contributed by atoms with Gasteiger partial charge >= 0.3 is 12.4 Å². The van der Waals surface area contributed by atoms with Gasteiger partial charge in [0.2, 0.25) is 0 Å². The maximum atomic E-state index is 13.8. The summed E-state index contributed by atoms with van der Waals surface area (Å²) in [5.74, 6) is -6.96. The predicted molar refractivity (Wildman–Crippen MR) is 53.6 cm³/mol.